The molecule has 115 heavy (non-hydrogen) atoms. The van der Waals surface area contributed by atoms with Crippen molar-refractivity contribution in [3.05, 3.63) is 261 Å². The maximum atomic E-state index is 14.0. The summed E-state index contributed by atoms with van der Waals surface area (Å²) in [6.45, 7) is 26.7. The predicted octanol–water partition coefficient (Wildman–Crippen LogP) is 22.1. The number of benzene rings is 6. The highest BCUT2D eigenvalue weighted by Gasteiger charge is 2.39. The van der Waals surface area contributed by atoms with Gasteiger partial charge in [-0.05, 0) is 244 Å². The van der Waals surface area contributed by atoms with Crippen LogP contribution in [0.25, 0.3) is 55.0 Å². The number of ether oxygens (including phenoxy) is 3. The minimum Gasteiger partial charge on any atom is -0.494 e. The molecule has 0 unspecified atom stereocenters. The molecule has 7 aromatic heterocycles. The molecule has 0 bridgehead atoms. The minimum absolute atomic E-state index is 0.0506. The fraction of sp³-hybridized carbons (Fsp3) is 0.322. The van der Waals surface area contributed by atoms with E-state index >= 15 is 0 Å². The molecule has 0 saturated carbocycles. The fourth-order valence-electron chi connectivity index (χ4n) is 15.5. The topological polar surface area (TPSA) is 216 Å². The smallest absolute Gasteiger partial charge is 0.431 e. The summed E-state index contributed by atoms with van der Waals surface area (Å²) < 4.78 is 69.2. The molecule has 0 radical (unpaired) electrons. The van der Waals surface area contributed by atoms with E-state index in [4.69, 9.17) is 70.8 Å². The first kappa shape index (κ1) is 85.3. The standard InChI is InChI=1S/C34H37ClN4O3.C33H34Cl2N4O3.C23H23ClF3NO3/c1-21-17-27(18-22(2)33(21)35)42-16-8-12-28-24(4)38(15-13-31(40)41)34-29(28)10-6-11-30(34)32-23(3)37-39(25(32)5)20-26-9-7-14-36-19-26;1-18-14-25(15-19(2)31(18)35)42-13-7-8-26-21(4)39(17-24-10-9-23(16-36-24)33(40)41)32-27(26)11-12-28(34)30(32)29-20(3)37-38(6)22(29)5;1-14-12-16(13-15(2)21(14)24)31-11-5-7-18-17-6-3-4-8-19(17)28(10-9-20(29)30)22(18)23(25,26)27/h6-7,9-11,14,17-19H,8,12-13,15-16,20H2,1-5H3,(H,40,41);9-12,14-16H,7-8,13,17H2,1-6H3,(H,40,41);3-4,6,8,12-13H,5,7,9-11H2,1-2H3,(H,29,30). The van der Waals surface area contributed by atoms with Gasteiger partial charge >= 0.3 is 24.1 Å². The number of aryl methyl sites for hydroxylation is 14. The van der Waals surface area contributed by atoms with Crippen LogP contribution in [0.2, 0.25) is 20.1 Å². The van der Waals surface area contributed by atoms with Crippen LogP contribution < -0.4 is 14.2 Å². The number of hydrogen-bond acceptors (Lipinski definition) is 10. The van der Waals surface area contributed by atoms with E-state index in [0.29, 0.717) is 66.0 Å². The van der Waals surface area contributed by atoms with E-state index in [-0.39, 0.29) is 43.5 Å². The van der Waals surface area contributed by atoms with Crippen molar-refractivity contribution in [1.29, 1.82) is 0 Å². The van der Waals surface area contributed by atoms with Gasteiger partial charge < -0.3 is 43.2 Å². The predicted molar refractivity (Wildman–Crippen MR) is 450 cm³/mol. The van der Waals surface area contributed by atoms with Gasteiger partial charge in [-0.2, -0.15) is 23.4 Å². The Bertz CT molecular complexity index is 5710. The van der Waals surface area contributed by atoms with E-state index in [1.807, 2.05) is 114 Å². The highest BCUT2D eigenvalue weighted by molar-refractivity contribution is 6.35. The molecule has 0 atom stereocenters. The minimum atomic E-state index is -4.60. The van der Waals surface area contributed by atoms with E-state index in [2.05, 4.69) is 82.2 Å². The van der Waals surface area contributed by atoms with E-state index < -0.39 is 29.8 Å². The third-order valence-corrected chi connectivity index (χ3v) is 23.2. The zero-order valence-electron chi connectivity index (χ0n) is 66.8. The number of nitrogens with zero attached hydrogens (tertiary/aromatic N) is 9. The lowest BCUT2D eigenvalue weighted by Gasteiger charge is -2.15. The summed E-state index contributed by atoms with van der Waals surface area (Å²) in [4.78, 5) is 42.7. The van der Waals surface area contributed by atoms with Gasteiger partial charge in [-0.25, -0.2) is 4.79 Å². The summed E-state index contributed by atoms with van der Waals surface area (Å²) in [5, 5.41) is 43.0. The average Bonchev–Trinajstić information content (AvgIpc) is 1.60. The Hall–Kier alpha value is -10.6. The number of fused-ring (bicyclic) bond motifs is 3. The second-order valence-corrected chi connectivity index (χ2v) is 30.8. The molecule has 13 rings (SSSR count). The highest BCUT2D eigenvalue weighted by Crippen LogP contribution is 2.45. The number of carboxylic acid groups (broad SMARTS) is 3. The molecule has 602 valence electrons. The highest BCUT2D eigenvalue weighted by atomic mass is 35.5. The molecule has 0 aliphatic carbocycles. The van der Waals surface area contributed by atoms with Crippen molar-refractivity contribution in [2.75, 3.05) is 19.8 Å². The maximum Gasteiger partial charge on any atom is 0.431 e. The number of aromatic carboxylic acids is 1. The van der Waals surface area contributed by atoms with E-state index in [1.54, 1.807) is 54.7 Å². The van der Waals surface area contributed by atoms with Crippen LogP contribution in [0.1, 0.15) is 144 Å². The van der Waals surface area contributed by atoms with Gasteiger partial charge in [0, 0.05) is 121 Å². The lowest BCUT2D eigenvalue weighted by molar-refractivity contribution is -0.145. The van der Waals surface area contributed by atoms with Gasteiger partial charge in [0.25, 0.3) is 0 Å². The molecule has 3 N–H and O–H groups in total. The molecule has 0 saturated heterocycles. The zero-order valence-corrected chi connectivity index (χ0v) is 69.8. The van der Waals surface area contributed by atoms with E-state index in [1.165, 1.54) is 17.3 Å². The Balaban J connectivity index is 0.000000172. The molecular formula is C90H94Cl4F3N9O9. The molecule has 0 spiro atoms. The fourth-order valence-corrected chi connectivity index (χ4v) is 16.1. The second-order valence-electron chi connectivity index (χ2n) is 29.2. The SMILES string of the molecule is Cc1cc(OCCCc2c(C(F)(F)F)n(CCC(=O)O)c3ccccc23)cc(C)c1Cl.Cc1cc(OCCCc2c(C)n(CCC(=O)O)c3c(-c4c(C)nn(Cc5cccnc5)c4C)cccc23)cc(C)c1Cl.Cc1cc(OCCCc2c(C)n(Cc3ccc(C(=O)O)cn3)c3c(-c4c(C)nn(C)c4C)c(Cl)ccc23)cc(C)c1Cl. The summed E-state index contributed by atoms with van der Waals surface area (Å²) in [6.07, 6.45) is 3.88. The summed E-state index contributed by atoms with van der Waals surface area (Å²) in [7, 11) is 1.94. The zero-order chi connectivity index (χ0) is 83.0. The van der Waals surface area contributed by atoms with Crippen LogP contribution in [0.3, 0.4) is 0 Å². The van der Waals surface area contributed by atoms with Crippen molar-refractivity contribution < 1.29 is 57.1 Å². The summed E-state index contributed by atoms with van der Waals surface area (Å²) in [5.74, 6) is -0.683. The summed E-state index contributed by atoms with van der Waals surface area (Å²) in [5.41, 5.74) is 22.3. The van der Waals surface area contributed by atoms with Crippen molar-refractivity contribution in [2.24, 2.45) is 7.05 Å². The normalized spacial score (nSPS) is 11.5. The van der Waals surface area contributed by atoms with Crippen molar-refractivity contribution in [3.8, 4) is 39.5 Å². The van der Waals surface area contributed by atoms with Crippen LogP contribution in [0, 0.1) is 83.1 Å². The van der Waals surface area contributed by atoms with Gasteiger partial charge in [-0.15, -0.1) is 0 Å². The molecule has 0 amide bonds. The maximum absolute atomic E-state index is 14.0. The number of alkyl halides is 3. The first-order valence-electron chi connectivity index (χ1n) is 38.0. The largest absolute Gasteiger partial charge is 0.494 e. The Morgan fingerprint density at radius 1 is 0.487 bits per heavy atom. The van der Waals surface area contributed by atoms with Gasteiger partial charge in [0.1, 0.15) is 22.9 Å². The number of carboxylic acids is 3. The molecule has 0 aliphatic heterocycles. The van der Waals surface area contributed by atoms with Crippen LogP contribution in [0.4, 0.5) is 13.2 Å². The number of carbonyl (C=O) groups is 3. The van der Waals surface area contributed by atoms with Crippen LogP contribution in [-0.4, -0.2) is 96.3 Å². The Kier molecular flexibility index (Phi) is 27.4. The molecule has 13 aromatic rings. The van der Waals surface area contributed by atoms with Crippen LogP contribution >= 0.6 is 46.4 Å². The van der Waals surface area contributed by atoms with Crippen molar-refractivity contribution in [2.45, 2.75) is 167 Å². The Morgan fingerprint density at radius 2 is 0.991 bits per heavy atom. The van der Waals surface area contributed by atoms with Crippen LogP contribution in [0.15, 0.2) is 134 Å². The van der Waals surface area contributed by atoms with E-state index in [9.17, 15) is 37.8 Å². The van der Waals surface area contributed by atoms with Crippen molar-refractivity contribution in [1.82, 2.24) is 43.2 Å². The summed E-state index contributed by atoms with van der Waals surface area (Å²) >= 11 is 25.8. The quantitative estimate of drug-likeness (QED) is 0.0390. The second kappa shape index (κ2) is 36.9. The van der Waals surface area contributed by atoms with E-state index in [0.717, 1.165) is 175 Å². The van der Waals surface area contributed by atoms with Crippen molar-refractivity contribution in [3.63, 3.8) is 0 Å². The number of hydrogen-bond donors (Lipinski definition) is 3. The molecule has 0 aliphatic rings. The lowest BCUT2D eigenvalue weighted by atomic mass is 9.98. The van der Waals surface area contributed by atoms with Crippen LogP contribution in [0.5, 0.6) is 17.2 Å². The number of rotatable bonds is 28. The van der Waals surface area contributed by atoms with Gasteiger partial charge in [0.2, 0.25) is 0 Å². The first-order chi connectivity index (χ1) is 54.7. The average molecular weight is 1640 g/mol. The molecule has 0 fully saturated rings. The first-order valence-corrected chi connectivity index (χ1v) is 39.6. The number of halogens is 7. The van der Waals surface area contributed by atoms with Gasteiger partial charge in [0.15, 0.2) is 0 Å². The van der Waals surface area contributed by atoms with Gasteiger partial charge in [0.05, 0.1) is 84.5 Å². The van der Waals surface area contributed by atoms with Crippen LogP contribution in [-0.2, 0) is 68.3 Å². The molecule has 25 heteroatoms. The molecule has 18 nitrogen and oxygen atoms in total. The summed E-state index contributed by atoms with van der Waals surface area (Å²) in [6, 6.07) is 35.8. The van der Waals surface area contributed by atoms with Gasteiger partial charge in [-0.3, -0.25) is 28.9 Å². The number of aliphatic carboxylic acids is 2. The number of pyridine rings is 2. The Morgan fingerprint density at radius 3 is 1.48 bits per heavy atom. The van der Waals surface area contributed by atoms with Gasteiger partial charge in [-0.1, -0.05) is 94.9 Å². The number of para-hydroxylation sites is 2. The Labute approximate surface area is 687 Å². The third-order valence-electron chi connectivity index (χ3n) is 21.1. The van der Waals surface area contributed by atoms with Crippen molar-refractivity contribution >= 4 is 97.0 Å². The molecule has 6 aromatic carbocycles. The third kappa shape index (κ3) is 19.4. The number of aromatic nitrogens is 9. The molecular weight excluding hydrogens is 1550 g/mol. The molecule has 7 heterocycles. The monoisotopic (exact) mass is 1640 g/mol. The lowest BCUT2D eigenvalue weighted by Crippen LogP contribution is -2.17.